The number of amides is 1. The van der Waals surface area contributed by atoms with E-state index < -0.39 is 5.91 Å². The maximum absolute atomic E-state index is 12.2. The molecule has 0 aliphatic rings. The molecule has 7 nitrogen and oxygen atoms in total. The van der Waals surface area contributed by atoms with E-state index in [1.807, 2.05) is 13.8 Å². The van der Waals surface area contributed by atoms with E-state index in [2.05, 4.69) is 25.5 Å². The maximum Gasteiger partial charge on any atom is 0.274 e. The predicted molar refractivity (Wildman–Crippen MR) is 72.1 cm³/mol. The van der Waals surface area contributed by atoms with Crippen LogP contribution in [-0.2, 0) is 0 Å². The Balaban J connectivity index is 2.21. The SMILES string of the molecule is Cc1nc(C(NC(=O)c2ncccc2O)C(C)C)n[nH]1. The molecule has 20 heavy (non-hydrogen) atoms. The van der Waals surface area contributed by atoms with Gasteiger partial charge in [0.2, 0.25) is 0 Å². The van der Waals surface area contributed by atoms with Crippen LogP contribution in [0.25, 0.3) is 0 Å². The fourth-order valence-electron chi connectivity index (χ4n) is 1.81. The molecule has 1 unspecified atom stereocenters. The number of hydrogen-bond donors (Lipinski definition) is 3. The zero-order valence-electron chi connectivity index (χ0n) is 11.6. The van der Waals surface area contributed by atoms with Crippen LogP contribution < -0.4 is 5.32 Å². The smallest absolute Gasteiger partial charge is 0.274 e. The normalized spacial score (nSPS) is 12.4. The number of aromatic hydroxyl groups is 1. The molecule has 0 spiro atoms. The summed E-state index contributed by atoms with van der Waals surface area (Å²) in [6, 6.07) is 2.63. The average molecular weight is 275 g/mol. The molecule has 0 saturated heterocycles. The largest absolute Gasteiger partial charge is 0.505 e. The van der Waals surface area contributed by atoms with E-state index in [0.29, 0.717) is 11.6 Å². The Hall–Kier alpha value is -2.44. The number of rotatable bonds is 4. The Bertz CT molecular complexity index is 608. The lowest BCUT2D eigenvalue weighted by Crippen LogP contribution is -2.33. The molecule has 0 aromatic carbocycles. The summed E-state index contributed by atoms with van der Waals surface area (Å²) in [5, 5.41) is 19.3. The van der Waals surface area contributed by atoms with E-state index >= 15 is 0 Å². The van der Waals surface area contributed by atoms with E-state index in [9.17, 15) is 9.90 Å². The Labute approximate surface area is 116 Å². The van der Waals surface area contributed by atoms with Crippen molar-refractivity contribution in [2.45, 2.75) is 26.8 Å². The first-order valence-electron chi connectivity index (χ1n) is 6.32. The van der Waals surface area contributed by atoms with Crippen LogP contribution in [-0.4, -0.2) is 31.2 Å². The molecule has 2 aromatic heterocycles. The minimum Gasteiger partial charge on any atom is -0.505 e. The van der Waals surface area contributed by atoms with Crippen LogP contribution in [0, 0.1) is 12.8 Å². The second-order valence-electron chi connectivity index (χ2n) is 4.85. The lowest BCUT2D eigenvalue weighted by atomic mass is 10.0. The number of aryl methyl sites for hydroxylation is 1. The van der Waals surface area contributed by atoms with E-state index in [1.165, 1.54) is 12.3 Å². The number of hydrogen-bond acceptors (Lipinski definition) is 5. The van der Waals surface area contributed by atoms with E-state index in [1.54, 1.807) is 13.0 Å². The third-order valence-corrected chi connectivity index (χ3v) is 2.85. The minimum absolute atomic E-state index is 0.00888. The topological polar surface area (TPSA) is 104 Å². The van der Waals surface area contributed by atoms with Gasteiger partial charge in [-0.25, -0.2) is 9.97 Å². The highest BCUT2D eigenvalue weighted by Gasteiger charge is 2.24. The van der Waals surface area contributed by atoms with Gasteiger partial charge in [-0.05, 0) is 25.0 Å². The van der Waals surface area contributed by atoms with Gasteiger partial charge in [0.25, 0.3) is 5.91 Å². The molecule has 2 rings (SSSR count). The number of nitrogens with one attached hydrogen (secondary N) is 2. The molecule has 1 amide bonds. The summed E-state index contributed by atoms with van der Waals surface area (Å²) >= 11 is 0. The van der Waals surface area contributed by atoms with Crippen molar-refractivity contribution in [2.24, 2.45) is 5.92 Å². The quantitative estimate of drug-likeness (QED) is 0.781. The standard InChI is InChI=1S/C13H17N5O2/c1-7(2)10(12-15-8(3)17-18-12)16-13(20)11-9(19)5-4-6-14-11/h4-7,10,19H,1-3H3,(H,16,20)(H,15,17,18). The number of pyridine rings is 1. The third kappa shape index (κ3) is 2.93. The van der Waals surface area contributed by atoms with Crippen LogP contribution in [0.2, 0.25) is 0 Å². The molecule has 0 bridgehead atoms. The lowest BCUT2D eigenvalue weighted by Gasteiger charge is -2.19. The highest BCUT2D eigenvalue weighted by Crippen LogP contribution is 2.20. The van der Waals surface area contributed by atoms with Crippen molar-refractivity contribution in [3.05, 3.63) is 35.7 Å². The van der Waals surface area contributed by atoms with Crippen molar-refractivity contribution in [3.63, 3.8) is 0 Å². The zero-order valence-corrected chi connectivity index (χ0v) is 11.6. The van der Waals surface area contributed by atoms with Crippen molar-refractivity contribution in [3.8, 4) is 5.75 Å². The number of carbonyl (C=O) groups is 1. The van der Waals surface area contributed by atoms with Crippen LogP contribution in [0.3, 0.4) is 0 Å². The van der Waals surface area contributed by atoms with E-state index in [0.717, 1.165) is 0 Å². The number of carbonyl (C=O) groups excluding carboxylic acids is 1. The molecule has 0 fully saturated rings. The Morgan fingerprint density at radius 3 is 2.75 bits per heavy atom. The van der Waals surface area contributed by atoms with Gasteiger partial charge in [0.15, 0.2) is 11.5 Å². The number of aromatic amines is 1. The van der Waals surface area contributed by atoms with Crippen LogP contribution in [0.5, 0.6) is 5.75 Å². The number of aromatic nitrogens is 4. The second-order valence-corrected chi connectivity index (χ2v) is 4.85. The lowest BCUT2D eigenvalue weighted by molar-refractivity contribution is 0.0915. The summed E-state index contributed by atoms with van der Waals surface area (Å²) in [4.78, 5) is 20.3. The monoisotopic (exact) mass is 275 g/mol. The molecule has 0 saturated carbocycles. The average Bonchev–Trinajstić information content (AvgIpc) is 2.82. The molecular weight excluding hydrogens is 258 g/mol. The molecule has 2 aromatic rings. The van der Waals surface area contributed by atoms with Crippen LogP contribution in [0.1, 0.15) is 42.0 Å². The van der Waals surface area contributed by atoms with E-state index in [-0.39, 0.29) is 23.4 Å². The predicted octanol–water partition coefficient (Wildman–Crippen LogP) is 1.34. The van der Waals surface area contributed by atoms with Crippen LogP contribution in [0.15, 0.2) is 18.3 Å². The summed E-state index contributed by atoms with van der Waals surface area (Å²) in [5.41, 5.74) is -0.00888. The number of H-pyrrole nitrogens is 1. The fourth-order valence-corrected chi connectivity index (χ4v) is 1.81. The van der Waals surface area contributed by atoms with E-state index in [4.69, 9.17) is 0 Å². The van der Waals surface area contributed by atoms with Gasteiger partial charge in [0.1, 0.15) is 11.6 Å². The molecule has 106 valence electrons. The van der Waals surface area contributed by atoms with Crippen molar-refractivity contribution >= 4 is 5.91 Å². The summed E-state index contributed by atoms with van der Waals surface area (Å²) in [6.45, 7) is 5.70. The molecule has 2 heterocycles. The van der Waals surface area contributed by atoms with Gasteiger partial charge in [-0.2, -0.15) is 5.10 Å². The van der Waals surface area contributed by atoms with Gasteiger partial charge >= 0.3 is 0 Å². The van der Waals surface area contributed by atoms with Crippen LogP contribution >= 0.6 is 0 Å². The molecule has 0 aliphatic heterocycles. The Kier molecular flexibility index (Phi) is 3.97. The minimum atomic E-state index is -0.454. The highest BCUT2D eigenvalue weighted by atomic mass is 16.3. The van der Waals surface area contributed by atoms with Crippen molar-refractivity contribution in [2.75, 3.05) is 0 Å². The van der Waals surface area contributed by atoms with Gasteiger partial charge in [-0.15, -0.1) is 0 Å². The number of nitrogens with zero attached hydrogens (tertiary/aromatic N) is 3. The molecular formula is C13H17N5O2. The first kappa shape index (κ1) is 14.0. The summed E-state index contributed by atoms with van der Waals surface area (Å²) in [7, 11) is 0. The van der Waals surface area contributed by atoms with Gasteiger partial charge in [0.05, 0.1) is 6.04 Å². The van der Waals surface area contributed by atoms with Gasteiger partial charge in [-0.1, -0.05) is 13.8 Å². The third-order valence-electron chi connectivity index (χ3n) is 2.85. The fraction of sp³-hybridized carbons (Fsp3) is 0.385. The van der Waals surface area contributed by atoms with Gasteiger partial charge < -0.3 is 10.4 Å². The van der Waals surface area contributed by atoms with Crippen molar-refractivity contribution < 1.29 is 9.90 Å². The molecule has 1 atom stereocenters. The zero-order chi connectivity index (χ0) is 14.7. The summed E-state index contributed by atoms with van der Waals surface area (Å²) < 4.78 is 0. The van der Waals surface area contributed by atoms with Crippen molar-refractivity contribution in [1.29, 1.82) is 0 Å². The summed E-state index contributed by atoms with van der Waals surface area (Å²) in [5.74, 6) is 0.685. The molecule has 7 heteroatoms. The molecule has 3 N–H and O–H groups in total. The molecule has 0 radical (unpaired) electrons. The first-order valence-corrected chi connectivity index (χ1v) is 6.32. The van der Waals surface area contributed by atoms with Crippen molar-refractivity contribution in [1.82, 2.24) is 25.5 Å². The maximum atomic E-state index is 12.2. The van der Waals surface area contributed by atoms with Gasteiger partial charge in [0, 0.05) is 6.20 Å². The second kappa shape index (κ2) is 5.68. The van der Waals surface area contributed by atoms with Crippen LogP contribution in [0.4, 0.5) is 0 Å². The Morgan fingerprint density at radius 1 is 1.45 bits per heavy atom. The van der Waals surface area contributed by atoms with Gasteiger partial charge in [-0.3, -0.25) is 9.89 Å². The Morgan fingerprint density at radius 2 is 2.20 bits per heavy atom. The first-order chi connectivity index (χ1) is 9.49. The molecule has 0 aliphatic carbocycles. The highest BCUT2D eigenvalue weighted by molar-refractivity contribution is 5.94. The summed E-state index contributed by atoms with van der Waals surface area (Å²) in [6.07, 6.45) is 1.45.